The normalized spacial score (nSPS) is 22.4. The topological polar surface area (TPSA) is 47.9 Å². The first-order valence-electron chi connectivity index (χ1n) is 7.41. The van der Waals surface area contributed by atoms with E-state index in [0.29, 0.717) is 12.3 Å². The van der Waals surface area contributed by atoms with Gasteiger partial charge in [0.1, 0.15) is 0 Å². The number of aliphatic hydroxyl groups excluding tert-OH is 1. The highest BCUT2D eigenvalue weighted by Gasteiger charge is 2.26. The van der Waals surface area contributed by atoms with Crippen molar-refractivity contribution < 1.29 is 19.3 Å². The zero-order valence-electron chi connectivity index (χ0n) is 12.7. The molecule has 1 aliphatic heterocycles. The average molecular weight is 292 g/mol. The SMILES string of the molecule is COc1ccc([C@H]2OCCC[C@@H]2/C=C/CCO)cc1OC. The standard InChI is InChI=1S/C17H24O4/c1-19-15-9-8-14(12-16(15)20-2)17-13(6-3-4-10-18)7-5-11-21-17/h3,6,8-9,12-13,17-18H,4-5,7,10-11H2,1-2H3/b6-3+/t13-,17-/m0/s1. The molecule has 1 N–H and O–H groups in total. The number of ether oxygens (including phenoxy) is 3. The minimum absolute atomic E-state index is 0.0356. The van der Waals surface area contributed by atoms with Gasteiger partial charge in [0.15, 0.2) is 11.5 Å². The highest BCUT2D eigenvalue weighted by Crippen LogP contribution is 2.38. The van der Waals surface area contributed by atoms with Crippen molar-refractivity contribution in [3.63, 3.8) is 0 Å². The highest BCUT2D eigenvalue weighted by molar-refractivity contribution is 5.43. The summed E-state index contributed by atoms with van der Waals surface area (Å²) in [5.41, 5.74) is 1.10. The van der Waals surface area contributed by atoms with Crippen LogP contribution >= 0.6 is 0 Å². The average Bonchev–Trinajstić information content (AvgIpc) is 2.55. The highest BCUT2D eigenvalue weighted by atomic mass is 16.5. The summed E-state index contributed by atoms with van der Waals surface area (Å²) < 4.78 is 16.6. The third-order valence-electron chi connectivity index (χ3n) is 3.78. The Labute approximate surface area is 126 Å². The molecule has 0 spiro atoms. The van der Waals surface area contributed by atoms with E-state index in [4.69, 9.17) is 19.3 Å². The van der Waals surface area contributed by atoms with Crippen LogP contribution in [-0.4, -0.2) is 32.5 Å². The minimum Gasteiger partial charge on any atom is -0.493 e. The zero-order valence-corrected chi connectivity index (χ0v) is 12.7. The molecule has 0 radical (unpaired) electrons. The molecule has 116 valence electrons. The van der Waals surface area contributed by atoms with Gasteiger partial charge >= 0.3 is 0 Å². The van der Waals surface area contributed by atoms with Gasteiger partial charge in [-0.2, -0.15) is 0 Å². The summed E-state index contributed by atoms with van der Waals surface area (Å²) in [4.78, 5) is 0. The molecule has 2 atom stereocenters. The maximum atomic E-state index is 8.89. The lowest BCUT2D eigenvalue weighted by Crippen LogP contribution is -2.21. The van der Waals surface area contributed by atoms with Crippen molar-refractivity contribution in [2.45, 2.75) is 25.4 Å². The van der Waals surface area contributed by atoms with Gasteiger partial charge in [-0.25, -0.2) is 0 Å². The molecule has 1 aromatic carbocycles. The van der Waals surface area contributed by atoms with Gasteiger partial charge in [-0.3, -0.25) is 0 Å². The van der Waals surface area contributed by atoms with Crippen LogP contribution in [0.5, 0.6) is 11.5 Å². The zero-order chi connectivity index (χ0) is 15.1. The second-order valence-electron chi connectivity index (χ2n) is 5.15. The van der Waals surface area contributed by atoms with Crippen LogP contribution in [0.15, 0.2) is 30.4 Å². The van der Waals surface area contributed by atoms with Crippen molar-refractivity contribution in [1.29, 1.82) is 0 Å². The van der Waals surface area contributed by atoms with Crippen LogP contribution in [0.3, 0.4) is 0 Å². The largest absolute Gasteiger partial charge is 0.493 e. The number of hydrogen-bond donors (Lipinski definition) is 1. The van der Waals surface area contributed by atoms with Crippen LogP contribution in [-0.2, 0) is 4.74 Å². The lowest BCUT2D eigenvalue weighted by molar-refractivity contribution is -0.0127. The third-order valence-corrected chi connectivity index (χ3v) is 3.78. The molecule has 1 aliphatic rings. The van der Waals surface area contributed by atoms with Crippen LogP contribution in [0.2, 0.25) is 0 Å². The predicted molar refractivity (Wildman–Crippen MR) is 81.8 cm³/mol. The fourth-order valence-corrected chi connectivity index (χ4v) is 2.72. The molecule has 4 heteroatoms. The molecule has 0 aromatic heterocycles. The van der Waals surface area contributed by atoms with Gasteiger partial charge in [-0.05, 0) is 37.0 Å². The number of hydrogen-bond acceptors (Lipinski definition) is 4. The number of rotatable bonds is 6. The Morgan fingerprint density at radius 3 is 2.81 bits per heavy atom. The lowest BCUT2D eigenvalue weighted by Gasteiger charge is -2.30. The molecule has 0 amide bonds. The van der Waals surface area contributed by atoms with E-state index in [1.165, 1.54) is 0 Å². The first kappa shape index (κ1) is 15.9. The van der Waals surface area contributed by atoms with E-state index in [1.54, 1.807) is 14.2 Å². The van der Waals surface area contributed by atoms with Crippen LogP contribution in [0.1, 0.15) is 30.9 Å². The molecule has 21 heavy (non-hydrogen) atoms. The van der Waals surface area contributed by atoms with Crippen molar-refractivity contribution in [2.24, 2.45) is 5.92 Å². The lowest BCUT2D eigenvalue weighted by atomic mass is 9.89. The predicted octanol–water partition coefficient (Wildman–Crippen LogP) is 3.11. The van der Waals surface area contributed by atoms with Gasteiger partial charge in [0.2, 0.25) is 0 Å². The summed E-state index contributed by atoms with van der Waals surface area (Å²) in [5.74, 6) is 1.79. The van der Waals surface area contributed by atoms with E-state index in [9.17, 15) is 0 Å². The van der Waals surface area contributed by atoms with E-state index in [0.717, 1.165) is 36.5 Å². The quantitative estimate of drug-likeness (QED) is 0.818. The first-order chi connectivity index (χ1) is 10.3. The van der Waals surface area contributed by atoms with Gasteiger partial charge in [-0.15, -0.1) is 0 Å². The summed E-state index contributed by atoms with van der Waals surface area (Å²) in [6.07, 6.45) is 7.09. The van der Waals surface area contributed by atoms with Crippen molar-refractivity contribution in [3.8, 4) is 11.5 Å². The Balaban J connectivity index is 2.20. The molecule has 0 saturated carbocycles. The van der Waals surface area contributed by atoms with Gasteiger partial charge in [-0.1, -0.05) is 18.2 Å². The van der Waals surface area contributed by atoms with Crippen LogP contribution < -0.4 is 9.47 Å². The molecule has 1 fully saturated rings. The number of benzene rings is 1. The molecule has 2 rings (SSSR count). The Kier molecular flexibility index (Phi) is 6.08. The van der Waals surface area contributed by atoms with Gasteiger partial charge in [0, 0.05) is 19.1 Å². The molecular weight excluding hydrogens is 268 g/mol. The number of aliphatic hydroxyl groups is 1. The molecule has 0 bridgehead atoms. The van der Waals surface area contributed by atoms with Crippen molar-refractivity contribution in [1.82, 2.24) is 0 Å². The summed E-state index contributed by atoms with van der Waals surface area (Å²) in [7, 11) is 3.27. The second-order valence-corrected chi connectivity index (χ2v) is 5.15. The van der Waals surface area contributed by atoms with Crippen molar-refractivity contribution >= 4 is 0 Å². The van der Waals surface area contributed by atoms with Gasteiger partial charge in [0.05, 0.1) is 20.3 Å². The molecule has 4 nitrogen and oxygen atoms in total. The van der Waals surface area contributed by atoms with Gasteiger partial charge in [0.25, 0.3) is 0 Å². The van der Waals surface area contributed by atoms with Gasteiger partial charge < -0.3 is 19.3 Å². The van der Waals surface area contributed by atoms with E-state index < -0.39 is 0 Å². The third kappa shape index (κ3) is 3.99. The monoisotopic (exact) mass is 292 g/mol. The maximum absolute atomic E-state index is 8.89. The van der Waals surface area contributed by atoms with Crippen LogP contribution in [0.25, 0.3) is 0 Å². The molecular formula is C17H24O4. The van der Waals surface area contributed by atoms with Crippen molar-refractivity contribution in [3.05, 3.63) is 35.9 Å². The molecule has 0 aliphatic carbocycles. The summed E-state index contributed by atoms with van der Waals surface area (Å²) >= 11 is 0. The first-order valence-corrected chi connectivity index (χ1v) is 7.41. The minimum atomic E-state index is 0.0356. The Morgan fingerprint density at radius 1 is 1.29 bits per heavy atom. The fourth-order valence-electron chi connectivity index (χ4n) is 2.72. The summed E-state index contributed by atoms with van der Waals surface area (Å²) in [6.45, 7) is 0.967. The van der Waals surface area contributed by atoms with E-state index in [1.807, 2.05) is 24.3 Å². The van der Waals surface area contributed by atoms with Crippen molar-refractivity contribution in [2.75, 3.05) is 27.4 Å². The molecule has 0 unspecified atom stereocenters. The smallest absolute Gasteiger partial charge is 0.161 e. The fraction of sp³-hybridized carbons (Fsp3) is 0.529. The Bertz CT molecular complexity index is 470. The molecule has 1 aromatic rings. The molecule has 1 saturated heterocycles. The molecule has 1 heterocycles. The van der Waals surface area contributed by atoms with Crippen LogP contribution in [0, 0.1) is 5.92 Å². The summed E-state index contributed by atoms with van der Waals surface area (Å²) in [6, 6.07) is 5.94. The summed E-state index contributed by atoms with van der Waals surface area (Å²) in [5, 5.41) is 8.89. The Hall–Kier alpha value is -1.52. The number of methoxy groups -OCH3 is 2. The second kappa shape index (κ2) is 8.05. The maximum Gasteiger partial charge on any atom is 0.161 e. The Morgan fingerprint density at radius 2 is 2.10 bits per heavy atom. The van der Waals surface area contributed by atoms with Crippen LogP contribution in [0.4, 0.5) is 0 Å². The van der Waals surface area contributed by atoms with E-state index in [2.05, 4.69) is 6.08 Å². The van der Waals surface area contributed by atoms with E-state index >= 15 is 0 Å². The van der Waals surface area contributed by atoms with E-state index in [-0.39, 0.29) is 12.7 Å².